The predicted octanol–water partition coefficient (Wildman–Crippen LogP) is 3.20. The minimum absolute atomic E-state index is 0.134. The highest BCUT2D eigenvalue weighted by Gasteiger charge is 2.18. The maximum absolute atomic E-state index is 12.4. The Kier molecular flexibility index (Phi) is 6.88. The van der Waals surface area contributed by atoms with E-state index in [0.717, 1.165) is 55.7 Å². The number of carbonyl (C=O) groups is 1. The maximum atomic E-state index is 12.4. The summed E-state index contributed by atoms with van der Waals surface area (Å²) in [5.74, 6) is 0.662. The first-order chi connectivity index (χ1) is 14.7. The number of anilines is 1. The monoisotopic (exact) mass is 442 g/mol. The fourth-order valence-electron chi connectivity index (χ4n) is 3.35. The third kappa shape index (κ3) is 5.33. The van der Waals surface area contributed by atoms with Crippen LogP contribution < -0.4 is 10.2 Å². The number of hydrogen-bond acceptors (Lipinski definition) is 7. The zero-order valence-corrected chi connectivity index (χ0v) is 18.1. The number of amides is 1. The fraction of sp³-hybridized carbons (Fsp3) is 0.333. The lowest BCUT2D eigenvalue weighted by Gasteiger charge is -2.34. The molecule has 156 valence electrons. The molecule has 0 spiro atoms. The van der Waals surface area contributed by atoms with Gasteiger partial charge in [-0.15, -0.1) is 11.3 Å². The van der Waals surface area contributed by atoms with Gasteiger partial charge in [0.1, 0.15) is 10.7 Å². The number of halogens is 1. The highest BCUT2D eigenvalue weighted by Crippen LogP contribution is 2.26. The van der Waals surface area contributed by atoms with Crippen molar-refractivity contribution in [3.63, 3.8) is 0 Å². The summed E-state index contributed by atoms with van der Waals surface area (Å²) in [4.78, 5) is 30.1. The molecule has 1 amide bonds. The predicted molar refractivity (Wildman–Crippen MR) is 120 cm³/mol. The quantitative estimate of drug-likeness (QED) is 0.566. The van der Waals surface area contributed by atoms with Gasteiger partial charge in [0.15, 0.2) is 0 Å². The van der Waals surface area contributed by atoms with Crippen LogP contribution in [0.1, 0.15) is 16.9 Å². The lowest BCUT2D eigenvalue weighted by molar-refractivity contribution is 0.0947. The van der Waals surface area contributed by atoms with Gasteiger partial charge in [0.25, 0.3) is 5.91 Å². The van der Waals surface area contributed by atoms with E-state index >= 15 is 0 Å². The zero-order valence-electron chi connectivity index (χ0n) is 16.5. The van der Waals surface area contributed by atoms with E-state index < -0.39 is 0 Å². The van der Waals surface area contributed by atoms with Gasteiger partial charge in [-0.05, 0) is 31.2 Å². The molecule has 0 atom stereocenters. The van der Waals surface area contributed by atoms with Crippen LogP contribution in [0.5, 0.6) is 0 Å². The fourth-order valence-corrected chi connectivity index (χ4v) is 4.34. The van der Waals surface area contributed by atoms with Crippen molar-refractivity contribution in [1.82, 2.24) is 25.2 Å². The van der Waals surface area contributed by atoms with Crippen molar-refractivity contribution in [2.75, 3.05) is 44.2 Å². The Morgan fingerprint density at radius 1 is 1.13 bits per heavy atom. The first-order valence-corrected chi connectivity index (χ1v) is 11.2. The van der Waals surface area contributed by atoms with Gasteiger partial charge in [-0.2, -0.15) is 0 Å². The van der Waals surface area contributed by atoms with Crippen LogP contribution in [0.3, 0.4) is 0 Å². The molecule has 4 rings (SSSR count). The Labute approximate surface area is 184 Å². The lowest BCUT2D eigenvalue weighted by Crippen LogP contribution is -2.47. The van der Waals surface area contributed by atoms with E-state index in [1.54, 1.807) is 17.8 Å². The second-order valence-electron chi connectivity index (χ2n) is 7.04. The molecular weight excluding hydrogens is 420 g/mol. The average molecular weight is 443 g/mol. The SMILES string of the molecule is O=C(NCCCN1CCN(c2ncccn2)CC1)c1csc(-c2cccc(Cl)c2)n1. The molecule has 1 aliphatic rings. The van der Waals surface area contributed by atoms with Gasteiger partial charge in [-0.3, -0.25) is 9.69 Å². The summed E-state index contributed by atoms with van der Waals surface area (Å²) in [6.07, 6.45) is 4.45. The molecule has 1 aromatic carbocycles. The zero-order chi connectivity index (χ0) is 20.8. The molecule has 1 fully saturated rings. The summed E-state index contributed by atoms with van der Waals surface area (Å²) in [6.45, 7) is 5.37. The number of nitrogens with one attached hydrogen (secondary N) is 1. The molecule has 7 nitrogen and oxygen atoms in total. The molecule has 0 radical (unpaired) electrons. The summed E-state index contributed by atoms with van der Waals surface area (Å²) in [5.41, 5.74) is 1.37. The molecule has 30 heavy (non-hydrogen) atoms. The van der Waals surface area contributed by atoms with Crippen LogP contribution >= 0.6 is 22.9 Å². The van der Waals surface area contributed by atoms with E-state index in [1.165, 1.54) is 11.3 Å². The van der Waals surface area contributed by atoms with Gasteiger partial charge in [-0.25, -0.2) is 15.0 Å². The third-order valence-electron chi connectivity index (χ3n) is 4.95. The highest BCUT2D eigenvalue weighted by atomic mass is 35.5. The van der Waals surface area contributed by atoms with Crippen LogP contribution in [0, 0.1) is 0 Å². The van der Waals surface area contributed by atoms with Crippen molar-refractivity contribution in [3.8, 4) is 10.6 Å². The largest absolute Gasteiger partial charge is 0.351 e. The highest BCUT2D eigenvalue weighted by molar-refractivity contribution is 7.13. The molecule has 1 N–H and O–H groups in total. The number of rotatable bonds is 7. The average Bonchev–Trinajstić information content (AvgIpc) is 3.28. The first kappa shape index (κ1) is 20.7. The Bertz CT molecular complexity index is 974. The maximum Gasteiger partial charge on any atom is 0.270 e. The summed E-state index contributed by atoms with van der Waals surface area (Å²) < 4.78 is 0. The van der Waals surface area contributed by atoms with Gasteiger partial charge < -0.3 is 10.2 Å². The summed E-state index contributed by atoms with van der Waals surface area (Å²) in [5, 5.41) is 6.21. The van der Waals surface area contributed by atoms with Crippen molar-refractivity contribution < 1.29 is 4.79 Å². The van der Waals surface area contributed by atoms with Gasteiger partial charge >= 0.3 is 0 Å². The molecule has 1 saturated heterocycles. The molecule has 0 aliphatic carbocycles. The summed E-state index contributed by atoms with van der Waals surface area (Å²) in [6, 6.07) is 9.33. The van der Waals surface area contributed by atoms with E-state index in [1.807, 2.05) is 30.3 Å². The number of carbonyl (C=O) groups excluding carboxylic acids is 1. The van der Waals surface area contributed by atoms with Crippen molar-refractivity contribution in [1.29, 1.82) is 0 Å². The normalized spacial score (nSPS) is 14.6. The molecule has 0 unspecified atom stereocenters. The van der Waals surface area contributed by atoms with Crippen LogP contribution in [0.2, 0.25) is 5.02 Å². The van der Waals surface area contributed by atoms with E-state index in [-0.39, 0.29) is 5.91 Å². The van der Waals surface area contributed by atoms with Crippen LogP contribution in [0.15, 0.2) is 48.1 Å². The van der Waals surface area contributed by atoms with E-state index in [9.17, 15) is 4.79 Å². The number of hydrogen-bond donors (Lipinski definition) is 1. The Morgan fingerprint density at radius 3 is 2.70 bits per heavy atom. The molecule has 0 saturated carbocycles. The van der Waals surface area contributed by atoms with Gasteiger partial charge in [-0.1, -0.05) is 23.7 Å². The van der Waals surface area contributed by atoms with Gasteiger partial charge in [0, 0.05) is 61.1 Å². The smallest absolute Gasteiger partial charge is 0.270 e. The Hall–Kier alpha value is -2.55. The number of thiazole rings is 1. The summed E-state index contributed by atoms with van der Waals surface area (Å²) in [7, 11) is 0. The molecular formula is C21H23ClN6OS. The number of piperazine rings is 1. The lowest BCUT2D eigenvalue weighted by atomic mass is 10.2. The molecule has 9 heteroatoms. The van der Waals surface area contributed by atoms with Crippen molar-refractivity contribution >= 4 is 34.8 Å². The second-order valence-corrected chi connectivity index (χ2v) is 8.33. The van der Waals surface area contributed by atoms with Crippen molar-refractivity contribution in [3.05, 3.63) is 58.8 Å². The number of benzene rings is 1. The molecule has 0 bridgehead atoms. The third-order valence-corrected chi connectivity index (χ3v) is 6.08. The van der Waals surface area contributed by atoms with Crippen LogP contribution in [-0.4, -0.2) is 65.0 Å². The van der Waals surface area contributed by atoms with Crippen molar-refractivity contribution in [2.24, 2.45) is 0 Å². The molecule has 3 aromatic rings. The molecule has 3 heterocycles. The van der Waals surface area contributed by atoms with E-state index in [2.05, 4.69) is 30.1 Å². The Morgan fingerprint density at radius 2 is 1.93 bits per heavy atom. The minimum Gasteiger partial charge on any atom is -0.351 e. The number of nitrogens with zero attached hydrogens (tertiary/aromatic N) is 5. The van der Waals surface area contributed by atoms with Crippen LogP contribution in [0.25, 0.3) is 10.6 Å². The second kappa shape index (κ2) is 9.97. The van der Waals surface area contributed by atoms with Crippen LogP contribution in [0.4, 0.5) is 5.95 Å². The van der Waals surface area contributed by atoms with Gasteiger partial charge in [0.2, 0.25) is 5.95 Å². The topological polar surface area (TPSA) is 74.2 Å². The molecule has 1 aliphatic heterocycles. The minimum atomic E-state index is -0.134. The van der Waals surface area contributed by atoms with Crippen molar-refractivity contribution in [2.45, 2.75) is 6.42 Å². The van der Waals surface area contributed by atoms with Crippen LogP contribution in [-0.2, 0) is 0 Å². The number of aromatic nitrogens is 3. The Balaban J connectivity index is 1.18. The summed E-state index contributed by atoms with van der Waals surface area (Å²) >= 11 is 7.48. The standard InChI is InChI=1S/C21H23ClN6OS/c22-17-5-1-4-16(14-17)20-26-18(15-30-20)19(29)23-8-3-9-27-10-12-28(13-11-27)21-24-6-2-7-25-21/h1-2,4-7,14-15H,3,8-13H2,(H,23,29). The first-order valence-electron chi connectivity index (χ1n) is 9.93. The van der Waals surface area contributed by atoms with E-state index in [0.29, 0.717) is 17.3 Å². The molecule has 2 aromatic heterocycles. The van der Waals surface area contributed by atoms with E-state index in [4.69, 9.17) is 11.6 Å². The van der Waals surface area contributed by atoms with Gasteiger partial charge in [0.05, 0.1) is 0 Å².